The van der Waals surface area contributed by atoms with E-state index in [0.29, 0.717) is 17.0 Å². The Morgan fingerprint density at radius 3 is 2.22 bits per heavy atom. The van der Waals surface area contributed by atoms with Crippen molar-refractivity contribution in [3.63, 3.8) is 0 Å². The van der Waals surface area contributed by atoms with Gasteiger partial charge in [-0.15, -0.1) is 11.8 Å². The molecule has 0 atom stereocenters. The van der Waals surface area contributed by atoms with Crippen LogP contribution in [0.5, 0.6) is 0 Å². The lowest BCUT2D eigenvalue weighted by molar-refractivity contribution is -0.118. The van der Waals surface area contributed by atoms with Crippen LogP contribution < -0.4 is 5.32 Å². The third-order valence-corrected chi connectivity index (χ3v) is 4.72. The lowest BCUT2D eigenvalue weighted by atomic mass is 10.1. The van der Waals surface area contributed by atoms with E-state index in [-0.39, 0.29) is 17.6 Å². The molecule has 5 heteroatoms. The van der Waals surface area contributed by atoms with Crippen LogP contribution in [0.15, 0.2) is 57.9 Å². The zero-order chi connectivity index (χ0) is 16.8. The van der Waals surface area contributed by atoms with Crippen LogP contribution in [-0.2, 0) is 4.79 Å². The molecule has 23 heavy (non-hydrogen) atoms. The second-order valence-corrected chi connectivity index (χ2v) is 7.35. The van der Waals surface area contributed by atoms with Crippen molar-refractivity contribution in [1.82, 2.24) is 0 Å². The summed E-state index contributed by atoms with van der Waals surface area (Å²) in [5.41, 5.74) is 1.36. The summed E-state index contributed by atoms with van der Waals surface area (Å²) in [4.78, 5) is 24.9. The third kappa shape index (κ3) is 5.52. The average Bonchev–Trinajstić information content (AvgIpc) is 2.54. The van der Waals surface area contributed by atoms with E-state index in [4.69, 9.17) is 0 Å². The number of hydrogen-bond donors (Lipinski definition) is 1. The van der Waals surface area contributed by atoms with Crippen molar-refractivity contribution < 1.29 is 9.59 Å². The SMILES string of the molecule is CC(C)C(=O)Nc1ccc(C(=O)CSc2ccc(Br)cc2)cc1. The second-order valence-electron chi connectivity index (χ2n) is 5.39. The van der Waals surface area contributed by atoms with Crippen LogP contribution >= 0.6 is 27.7 Å². The normalized spacial score (nSPS) is 10.6. The molecule has 0 aliphatic rings. The molecule has 0 heterocycles. The number of rotatable bonds is 6. The van der Waals surface area contributed by atoms with Gasteiger partial charge in [0.25, 0.3) is 0 Å². The van der Waals surface area contributed by atoms with Crippen molar-refractivity contribution in [1.29, 1.82) is 0 Å². The van der Waals surface area contributed by atoms with Gasteiger partial charge in [0.1, 0.15) is 0 Å². The molecule has 2 aromatic carbocycles. The molecule has 0 spiro atoms. The van der Waals surface area contributed by atoms with Crippen molar-refractivity contribution in [3.8, 4) is 0 Å². The van der Waals surface area contributed by atoms with Crippen LogP contribution in [0, 0.1) is 5.92 Å². The van der Waals surface area contributed by atoms with E-state index in [0.717, 1.165) is 9.37 Å². The van der Waals surface area contributed by atoms with Gasteiger partial charge in [-0.3, -0.25) is 9.59 Å². The predicted octanol–water partition coefficient (Wildman–Crippen LogP) is 5.02. The first-order chi connectivity index (χ1) is 11.0. The number of thioether (sulfide) groups is 1. The second kappa shape index (κ2) is 8.31. The fourth-order valence-electron chi connectivity index (χ4n) is 1.79. The summed E-state index contributed by atoms with van der Waals surface area (Å²) in [7, 11) is 0. The van der Waals surface area contributed by atoms with Gasteiger partial charge in [-0.2, -0.15) is 0 Å². The van der Waals surface area contributed by atoms with E-state index in [1.165, 1.54) is 11.8 Å². The van der Waals surface area contributed by atoms with Gasteiger partial charge in [0.2, 0.25) is 5.91 Å². The smallest absolute Gasteiger partial charge is 0.226 e. The van der Waals surface area contributed by atoms with Crippen LogP contribution in [-0.4, -0.2) is 17.4 Å². The summed E-state index contributed by atoms with van der Waals surface area (Å²) in [5.74, 6) is 0.354. The molecule has 0 fully saturated rings. The van der Waals surface area contributed by atoms with E-state index in [1.807, 2.05) is 38.1 Å². The molecule has 0 bridgehead atoms. The van der Waals surface area contributed by atoms with Gasteiger partial charge in [0.05, 0.1) is 5.75 Å². The van der Waals surface area contributed by atoms with Crippen molar-refractivity contribution in [2.45, 2.75) is 18.7 Å². The number of nitrogens with one attached hydrogen (secondary N) is 1. The van der Waals surface area contributed by atoms with Gasteiger partial charge in [-0.05, 0) is 48.5 Å². The predicted molar refractivity (Wildman–Crippen MR) is 99.1 cm³/mol. The number of carbonyl (C=O) groups is 2. The minimum atomic E-state index is -0.0707. The maximum absolute atomic E-state index is 12.2. The number of halogens is 1. The molecule has 0 aliphatic heterocycles. The molecular formula is C18H18BrNO2S. The Bertz CT molecular complexity index is 681. The molecule has 0 unspecified atom stereocenters. The number of ketones is 1. The Balaban J connectivity index is 1.92. The highest BCUT2D eigenvalue weighted by Crippen LogP contribution is 2.22. The average molecular weight is 392 g/mol. The first-order valence-corrected chi connectivity index (χ1v) is 9.06. The lowest BCUT2D eigenvalue weighted by Crippen LogP contribution is -2.17. The molecule has 2 aromatic rings. The monoisotopic (exact) mass is 391 g/mol. The summed E-state index contributed by atoms with van der Waals surface area (Å²) in [6.07, 6.45) is 0. The summed E-state index contributed by atoms with van der Waals surface area (Å²) in [5, 5.41) is 2.81. The Hall–Kier alpha value is -1.59. The number of carbonyl (C=O) groups excluding carboxylic acids is 2. The maximum atomic E-state index is 12.2. The van der Waals surface area contributed by atoms with Crippen molar-refractivity contribution in [3.05, 3.63) is 58.6 Å². The van der Waals surface area contributed by atoms with Gasteiger partial charge in [0, 0.05) is 26.5 Å². The highest BCUT2D eigenvalue weighted by atomic mass is 79.9. The summed E-state index contributed by atoms with van der Waals surface area (Å²) in [6, 6.07) is 14.9. The van der Waals surface area contributed by atoms with Crippen LogP contribution in [0.4, 0.5) is 5.69 Å². The first kappa shape index (κ1) is 17.8. The molecule has 120 valence electrons. The molecule has 2 rings (SSSR count). The summed E-state index contributed by atoms with van der Waals surface area (Å²) < 4.78 is 1.02. The fraction of sp³-hybridized carbons (Fsp3) is 0.222. The van der Waals surface area contributed by atoms with Gasteiger partial charge in [-0.1, -0.05) is 29.8 Å². The molecule has 0 aliphatic carbocycles. The Kier molecular flexibility index (Phi) is 6.42. The first-order valence-electron chi connectivity index (χ1n) is 7.28. The summed E-state index contributed by atoms with van der Waals surface area (Å²) in [6.45, 7) is 3.68. The minimum absolute atomic E-state index is 0.0325. The molecule has 0 saturated carbocycles. The van der Waals surface area contributed by atoms with E-state index >= 15 is 0 Å². The van der Waals surface area contributed by atoms with E-state index in [9.17, 15) is 9.59 Å². The minimum Gasteiger partial charge on any atom is -0.326 e. The number of benzene rings is 2. The van der Waals surface area contributed by atoms with Gasteiger partial charge < -0.3 is 5.32 Å². The standard InChI is InChI=1S/C18H18BrNO2S/c1-12(2)18(22)20-15-7-3-13(4-8-15)17(21)11-23-16-9-5-14(19)6-10-16/h3-10,12H,11H2,1-2H3,(H,20,22). The number of amides is 1. The van der Waals surface area contributed by atoms with E-state index in [1.54, 1.807) is 24.3 Å². The van der Waals surface area contributed by atoms with Crippen LogP contribution in [0.25, 0.3) is 0 Å². The van der Waals surface area contributed by atoms with E-state index < -0.39 is 0 Å². The number of anilines is 1. The number of Topliss-reactive ketones (excluding diaryl/α,β-unsaturated/α-hetero) is 1. The molecule has 0 aromatic heterocycles. The van der Waals surface area contributed by atoms with Gasteiger partial charge >= 0.3 is 0 Å². The Morgan fingerprint density at radius 1 is 1.04 bits per heavy atom. The molecule has 1 amide bonds. The molecule has 1 N–H and O–H groups in total. The van der Waals surface area contributed by atoms with Crippen molar-refractivity contribution in [2.75, 3.05) is 11.1 Å². The highest BCUT2D eigenvalue weighted by molar-refractivity contribution is 9.10. The quantitative estimate of drug-likeness (QED) is 0.555. The van der Waals surface area contributed by atoms with Crippen LogP contribution in [0.2, 0.25) is 0 Å². The van der Waals surface area contributed by atoms with E-state index in [2.05, 4.69) is 21.2 Å². The van der Waals surface area contributed by atoms with Crippen molar-refractivity contribution in [2.24, 2.45) is 5.92 Å². The Labute approximate surface area is 149 Å². The largest absolute Gasteiger partial charge is 0.326 e. The lowest BCUT2D eigenvalue weighted by Gasteiger charge is -2.08. The maximum Gasteiger partial charge on any atom is 0.226 e. The van der Waals surface area contributed by atoms with Crippen LogP contribution in [0.1, 0.15) is 24.2 Å². The fourth-order valence-corrected chi connectivity index (χ4v) is 2.85. The highest BCUT2D eigenvalue weighted by Gasteiger charge is 2.09. The third-order valence-electron chi connectivity index (χ3n) is 3.18. The zero-order valence-electron chi connectivity index (χ0n) is 13.0. The zero-order valence-corrected chi connectivity index (χ0v) is 15.4. The molecule has 3 nitrogen and oxygen atoms in total. The van der Waals surface area contributed by atoms with Crippen LogP contribution in [0.3, 0.4) is 0 Å². The molecule has 0 saturated heterocycles. The number of hydrogen-bond acceptors (Lipinski definition) is 3. The van der Waals surface area contributed by atoms with Gasteiger partial charge in [0.15, 0.2) is 5.78 Å². The Morgan fingerprint density at radius 2 is 1.65 bits per heavy atom. The van der Waals surface area contributed by atoms with Gasteiger partial charge in [-0.25, -0.2) is 0 Å². The van der Waals surface area contributed by atoms with Crippen molar-refractivity contribution >= 4 is 45.1 Å². The summed E-state index contributed by atoms with van der Waals surface area (Å²) >= 11 is 4.90. The molecule has 0 radical (unpaired) electrons. The molecular weight excluding hydrogens is 374 g/mol. The topological polar surface area (TPSA) is 46.2 Å².